The van der Waals surface area contributed by atoms with E-state index in [1.807, 2.05) is 0 Å². The van der Waals surface area contributed by atoms with Crippen LogP contribution < -0.4 is 0 Å². The normalized spacial score (nSPS) is 13.0. The molecule has 0 N–H and O–H groups in total. The Morgan fingerprint density at radius 2 is 1.50 bits per heavy atom. The fraction of sp³-hybridized carbons (Fsp3) is 0.412. The summed E-state index contributed by atoms with van der Waals surface area (Å²) in [4.78, 5) is 0. The van der Waals surface area contributed by atoms with E-state index in [1.54, 1.807) is 0 Å². The molecule has 0 saturated heterocycles. The maximum absolute atomic E-state index is 2.52. The smallest absolute Gasteiger partial charge is 0.0414 e. The van der Waals surface area contributed by atoms with E-state index in [0.29, 0.717) is 0 Å². The number of hydrogen-bond donors (Lipinski definition) is 0. The summed E-state index contributed by atoms with van der Waals surface area (Å²) in [5.74, 6) is 0. The lowest BCUT2D eigenvalue weighted by atomic mass is 9.81. The summed E-state index contributed by atoms with van der Waals surface area (Å²) < 4.78 is 0.168. The van der Waals surface area contributed by atoms with Crippen LogP contribution >= 0.6 is 22.6 Å². The Hall–Kier alpha value is -0.570. The summed E-state index contributed by atoms with van der Waals surface area (Å²) in [6.45, 7) is 11.4. The van der Waals surface area contributed by atoms with Crippen LogP contribution in [0.25, 0.3) is 10.8 Å². The molecule has 0 unspecified atom stereocenters. The van der Waals surface area contributed by atoms with E-state index in [4.69, 9.17) is 0 Å². The molecule has 0 spiro atoms. The summed E-state index contributed by atoms with van der Waals surface area (Å²) in [7, 11) is 0. The first kappa shape index (κ1) is 13.9. The monoisotopic (exact) mass is 352 g/mol. The average Bonchev–Trinajstić information content (AvgIpc) is 2.25. The van der Waals surface area contributed by atoms with Crippen molar-refractivity contribution in [2.45, 2.75) is 43.5 Å². The third-order valence-electron chi connectivity index (χ3n) is 3.36. The van der Waals surface area contributed by atoms with E-state index < -0.39 is 0 Å². The summed E-state index contributed by atoms with van der Waals surface area (Å²) in [5, 5.41) is 2.74. The lowest BCUT2D eigenvalue weighted by Crippen LogP contribution is -2.15. The number of hydrogen-bond acceptors (Lipinski definition) is 0. The van der Waals surface area contributed by atoms with Gasteiger partial charge in [-0.25, -0.2) is 0 Å². The molecule has 0 aliphatic rings. The zero-order valence-corrected chi connectivity index (χ0v) is 14.0. The molecule has 2 aromatic carbocycles. The Balaban J connectivity index is 2.81. The van der Waals surface area contributed by atoms with Crippen LogP contribution in [0.2, 0.25) is 0 Å². The van der Waals surface area contributed by atoms with Gasteiger partial charge in [0, 0.05) is 3.42 Å². The molecule has 0 saturated carbocycles. The lowest BCUT2D eigenvalue weighted by molar-refractivity contribution is 0.594. The van der Waals surface area contributed by atoms with Gasteiger partial charge < -0.3 is 0 Å². The Morgan fingerprint density at radius 3 is 2.06 bits per heavy atom. The molecule has 0 nitrogen and oxygen atoms in total. The van der Waals surface area contributed by atoms with Gasteiger partial charge in [0.1, 0.15) is 0 Å². The van der Waals surface area contributed by atoms with Crippen LogP contribution in [0.1, 0.15) is 45.7 Å². The second-order valence-electron chi connectivity index (χ2n) is 6.47. The van der Waals surface area contributed by atoms with Crippen LogP contribution in [0.3, 0.4) is 0 Å². The SMILES string of the molecule is CC(C)(C)c1cc(C(C)(C)I)cc2ccccc12. The van der Waals surface area contributed by atoms with Gasteiger partial charge in [-0.2, -0.15) is 0 Å². The maximum atomic E-state index is 2.52. The topological polar surface area (TPSA) is 0 Å². The Bertz CT molecular complexity index is 568. The van der Waals surface area contributed by atoms with Crippen molar-refractivity contribution in [3.63, 3.8) is 0 Å². The van der Waals surface area contributed by atoms with Crippen molar-refractivity contribution >= 4 is 33.4 Å². The van der Waals surface area contributed by atoms with Gasteiger partial charge in [0.2, 0.25) is 0 Å². The third-order valence-corrected chi connectivity index (χ3v) is 3.98. The van der Waals surface area contributed by atoms with Crippen LogP contribution in [-0.4, -0.2) is 0 Å². The molecule has 96 valence electrons. The molecule has 0 radical (unpaired) electrons. The molecule has 0 atom stereocenters. The van der Waals surface area contributed by atoms with E-state index in [1.165, 1.54) is 21.9 Å². The first-order chi connectivity index (χ1) is 8.19. The van der Waals surface area contributed by atoms with Crippen molar-refractivity contribution in [2.75, 3.05) is 0 Å². The molecule has 0 amide bonds. The number of benzene rings is 2. The van der Waals surface area contributed by atoms with Crippen molar-refractivity contribution < 1.29 is 0 Å². The Kier molecular flexibility index (Phi) is 3.48. The Morgan fingerprint density at radius 1 is 0.889 bits per heavy atom. The molecule has 2 aromatic rings. The van der Waals surface area contributed by atoms with Gasteiger partial charge in [0.15, 0.2) is 0 Å². The Labute approximate surface area is 124 Å². The fourth-order valence-corrected chi connectivity index (χ4v) is 2.59. The standard InChI is InChI=1S/C17H21I/c1-16(2,3)15-11-13(17(4,5)18)10-12-8-6-7-9-14(12)15/h6-11H,1-5H3. The van der Waals surface area contributed by atoms with Gasteiger partial charge in [0.05, 0.1) is 0 Å². The number of rotatable bonds is 1. The molecule has 0 heterocycles. The second kappa shape index (κ2) is 4.52. The maximum Gasteiger partial charge on any atom is 0.0414 e. The van der Waals surface area contributed by atoms with Crippen LogP contribution in [0.5, 0.6) is 0 Å². The lowest BCUT2D eigenvalue weighted by Gasteiger charge is -2.26. The van der Waals surface area contributed by atoms with Crippen molar-refractivity contribution in [1.82, 2.24) is 0 Å². The van der Waals surface area contributed by atoms with Crippen molar-refractivity contribution in [1.29, 1.82) is 0 Å². The predicted molar refractivity (Wildman–Crippen MR) is 89.7 cm³/mol. The fourth-order valence-electron chi connectivity index (χ4n) is 2.27. The zero-order valence-electron chi connectivity index (χ0n) is 11.8. The number of fused-ring (bicyclic) bond motifs is 1. The summed E-state index contributed by atoms with van der Waals surface area (Å²) in [6.07, 6.45) is 0. The largest absolute Gasteiger partial charge is 0.0743 e. The highest BCUT2D eigenvalue weighted by molar-refractivity contribution is 14.1. The minimum atomic E-state index is 0.168. The van der Waals surface area contributed by atoms with Gasteiger partial charge in [0.25, 0.3) is 0 Å². The second-order valence-corrected chi connectivity index (χ2v) is 9.16. The third kappa shape index (κ3) is 2.71. The average molecular weight is 352 g/mol. The minimum Gasteiger partial charge on any atom is -0.0743 e. The zero-order chi connectivity index (χ0) is 13.6. The highest BCUT2D eigenvalue weighted by Crippen LogP contribution is 2.37. The summed E-state index contributed by atoms with van der Waals surface area (Å²) in [5.41, 5.74) is 3.03. The molecule has 0 aliphatic heterocycles. The molecule has 0 aliphatic carbocycles. The van der Waals surface area contributed by atoms with Gasteiger partial charge in [-0.1, -0.05) is 73.7 Å². The predicted octanol–water partition coefficient (Wildman–Crippen LogP) is 5.81. The highest BCUT2D eigenvalue weighted by atomic mass is 127. The summed E-state index contributed by atoms with van der Waals surface area (Å²) >= 11 is 2.52. The quantitative estimate of drug-likeness (QED) is 0.449. The molecule has 0 aromatic heterocycles. The van der Waals surface area contributed by atoms with Crippen molar-refractivity contribution in [3.05, 3.63) is 47.5 Å². The van der Waals surface area contributed by atoms with Crippen molar-refractivity contribution in [2.24, 2.45) is 0 Å². The van der Waals surface area contributed by atoms with E-state index in [9.17, 15) is 0 Å². The number of halogens is 1. The summed E-state index contributed by atoms with van der Waals surface area (Å²) in [6, 6.07) is 13.4. The highest BCUT2D eigenvalue weighted by Gasteiger charge is 2.22. The van der Waals surface area contributed by atoms with E-state index >= 15 is 0 Å². The number of alkyl halides is 1. The van der Waals surface area contributed by atoms with Crippen LogP contribution in [0, 0.1) is 0 Å². The van der Waals surface area contributed by atoms with Crippen LogP contribution in [-0.2, 0) is 8.84 Å². The van der Waals surface area contributed by atoms with E-state index in [0.717, 1.165) is 0 Å². The first-order valence-corrected chi connectivity index (χ1v) is 7.50. The van der Waals surface area contributed by atoms with Crippen LogP contribution in [0.15, 0.2) is 36.4 Å². The van der Waals surface area contributed by atoms with E-state index in [2.05, 4.69) is 93.6 Å². The molecular weight excluding hydrogens is 331 g/mol. The molecule has 0 fully saturated rings. The molecule has 1 heteroatoms. The molecular formula is C17H21I. The van der Waals surface area contributed by atoms with Crippen LogP contribution in [0.4, 0.5) is 0 Å². The molecule has 18 heavy (non-hydrogen) atoms. The van der Waals surface area contributed by atoms with Crippen molar-refractivity contribution in [3.8, 4) is 0 Å². The van der Waals surface area contributed by atoms with Gasteiger partial charge >= 0.3 is 0 Å². The molecule has 2 rings (SSSR count). The molecule has 0 bridgehead atoms. The first-order valence-electron chi connectivity index (χ1n) is 6.42. The van der Waals surface area contributed by atoms with E-state index in [-0.39, 0.29) is 8.84 Å². The minimum absolute atomic E-state index is 0.168. The van der Waals surface area contributed by atoms with Gasteiger partial charge in [-0.05, 0) is 47.2 Å². The van der Waals surface area contributed by atoms with Gasteiger partial charge in [-0.3, -0.25) is 0 Å². The van der Waals surface area contributed by atoms with Gasteiger partial charge in [-0.15, -0.1) is 0 Å².